The molecule has 1 aliphatic rings. The van der Waals surface area contributed by atoms with Gasteiger partial charge in [-0.3, -0.25) is 0 Å². The molecule has 4 rings (SSSR count). The van der Waals surface area contributed by atoms with E-state index < -0.39 is 54.0 Å². The van der Waals surface area contributed by atoms with Crippen molar-refractivity contribution in [2.24, 2.45) is 0 Å². The Balaban J connectivity index is 1.77. The first-order valence-electron chi connectivity index (χ1n) is 10.0. The monoisotopic (exact) mass is 595 g/mol. The number of aromatic nitrogens is 4. The summed E-state index contributed by atoms with van der Waals surface area (Å²) in [5.74, 6) is 0.170. The number of hydrogen-bond acceptors (Lipinski definition) is 11. The minimum atomic E-state index is -4.50. The fourth-order valence-corrected chi connectivity index (χ4v) is 7.55. The zero-order valence-electron chi connectivity index (χ0n) is 18.5. The third-order valence-corrected chi connectivity index (χ3v) is 9.81. The van der Waals surface area contributed by atoms with E-state index in [0.29, 0.717) is 11.2 Å². The van der Waals surface area contributed by atoms with E-state index in [1.807, 2.05) is 30.3 Å². The summed E-state index contributed by atoms with van der Waals surface area (Å²) in [4.78, 5) is 32.4. The van der Waals surface area contributed by atoms with Crippen LogP contribution in [0.25, 0.3) is 11.2 Å². The van der Waals surface area contributed by atoms with Crippen molar-refractivity contribution in [1.29, 1.82) is 0 Å². The summed E-state index contributed by atoms with van der Waals surface area (Å²) in [6, 6.07) is 9.13. The molecule has 0 radical (unpaired) electrons. The topological polar surface area (TPSA) is 190 Å². The van der Waals surface area contributed by atoms with Gasteiger partial charge in [-0.25, -0.2) is 0 Å². The molecule has 0 amide bonds. The first-order valence-corrected chi connectivity index (χ1v) is 14.7. The zero-order valence-corrected chi connectivity index (χ0v) is 22.0. The number of nitrogens with two attached hydrogens (primary N) is 1. The van der Waals surface area contributed by atoms with Crippen LogP contribution in [0.2, 0.25) is 0 Å². The SMILES string of the molecule is COP(=O)(O)OC[C@@]1([Se]c2ccccc2)O[C@@H](n2cnc3c(N)ncnc32)C[C@@H]1OP(=O)(O)OC. The van der Waals surface area contributed by atoms with E-state index in [-0.39, 0.29) is 12.2 Å². The molecular formula is C18H23N5O9P2Se. The van der Waals surface area contributed by atoms with E-state index in [9.17, 15) is 18.9 Å². The van der Waals surface area contributed by atoms with E-state index in [4.69, 9.17) is 19.5 Å². The summed E-state index contributed by atoms with van der Waals surface area (Å²) < 4.78 is 51.8. The van der Waals surface area contributed by atoms with E-state index >= 15 is 0 Å². The van der Waals surface area contributed by atoms with Gasteiger partial charge in [0.1, 0.15) is 0 Å². The van der Waals surface area contributed by atoms with E-state index in [0.717, 1.165) is 18.7 Å². The summed E-state index contributed by atoms with van der Waals surface area (Å²) >= 11 is -0.653. The standard InChI is InChI=1S/C18H23N5O9P2Se/c1-28-33(24,25)30-9-18(35-12-6-4-3-5-7-12)13(32-34(26,27)29-2)8-14(31-18)23-11-22-15-16(19)20-10-21-17(15)23/h3-7,10-11,13-14H,8-9H2,1-2H3,(H,24,25)(H,26,27)(H2,19,20,21)/t13-,14+,18-/m0/s1. The Morgan fingerprint density at radius 1 is 1.17 bits per heavy atom. The number of hydrogen-bond donors (Lipinski definition) is 3. The Kier molecular flexibility index (Phi) is 7.77. The van der Waals surface area contributed by atoms with Crippen LogP contribution in [0.5, 0.6) is 0 Å². The summed E-state index contributed by atoms with van der Waals surface area (Å²) in [7, 11) is -6.87. The Morgan fingerprint density at radius 3 is 2.57 bits per heavy atom. The molecule has 0 spiro atoms. The zero-order chi connectivity index (χ0) is 25.3. The third-order valence-electron chi connectivity index (χ3n) is 5.12. The van der Waals surface area contributed by atoms with Crippen LogP contribution in [-0.4, -0.2) is 75.7 Å². The number of phosphoric acid groups is 2. The maximum atomic E-state index is 12.4. The molecule has 4 N–H and O–H groups in total. The van der Waals surface area contributed by atoms with Gasteiger partial charge >= 0.3 is 206 Å². The van der Waals surface area contributed by atoms with Crippen molar-refractivity contribution in [3.63, 3.8) is 0 Å². The molecule has 0 aliphatic carbocycles. The predicted molar refractivity (Wildman–Crippen MR) is 124 cm³/mol. The molecule has 1 saturated heterocycles. The number of fused-ring (bicyclic) bond motifs is 1. The molecule has 35 heavy (non-hydrogen) atoms. The van der Waals surface area contributed by atoms with Gasteiger partial charge < -0.3 is 0 Å². The molecule has 3 aromatic rings. The van der Waals surface area contributed by atoms with Crippen LogP contribution < -0.4 is 10.2 Å². The number of phosphoric ester groups is 2. The molecule has 0 bridgehead atoms. The molecule has 1 aliphatic heterocycles. The molecular weight excluding hydrogens is 571 g/mol. The van der Waals surface area contributed by atoms with Gasteiger partial charge in [0.15, 0.2) is 0 Å². The van der Waals surface area contributed by atoms with Crippen LogP contribution in [0.15, 0.2) is 43.0 Å². The summed E-state index contributed by atoms with van der Waals surface area (Å²) in [6.07, 6.45) is 0.841. The number of anilines is 1. The summed E-state index contributed by atoms with van der Waals surface area (Å²) in [5, 5.41) is 0. The van der Waals surface area contributed by atoms with Gasteiger partial charge in [-0.2, -0.15) is 0 Å². The van der Waals surface area contributed by atoms with Crippen LogP contribution in [-0.2, 0) is 32.0 Å². The van der Waals surface area contributed by atoms with Crippen LogP contribution in [0.4, 0.5) is 5.82 Å². The molecule has 3 heterocycles. The Bertz CT molecular complexity index is 1280. The number of benzene rings is 1. The molecule has 1 aromatic carbocycles. The quantitative estimate of drug-likeness (QED) is 0.222. The molecule has 2 unspecified atom stereocenters. The van der Waals surface area contributed by atoms with Crippen molar-refractivity contribution in [2.75, 3.05) is 26.6 Å². The second-order valence-electron chi connectivity index (χ2n) is 7.29. The second-order valence-corrected chi connectivity index (χ2v) is 13.2. The van der Waals surface area contributed by atoms with Gasteiger partial charge in [0.05, 0.1) is 0 Å². The van der Waals surface area contributed by atoms with Gasteiger partial charge in [-0.05, 0) is 0 Å². The van der Waals surface area contributed by atoms with Crippen LogP contribution in [0.3, 0.4) is 0 Å². The summed E-state index contributed by atoms with van der Waals surface area (Å²) in [5.41, 5.74) is 6.61. The average molecular weight is 594 g/mol. The Labute approximate surface area is 206 Å². The van der Waals surface area contributed by atoms with Crippen molar-refractivity contribution < 1.29 is 41.7 Å². The predicted octanol–water partition coefficient (Wildman–Crippen LogP) is 0.949. The van der Waals surface area contributed by atoms with Gasteiger partial charge in [0.2, 0.25) is 0 Å². The van der Waals surface area contributed by atoms with Gasteiger partial charge in [0, 0.05) is 0 Å². The number of ether oxygens (including phenoxy) is 1. The fraction of sp³-hybridized carbons (Fsp3) is 0.389. The van der Waals surface area contributed by atoms with Crippen LogP contribution in [0.1, 0.15) is 12.6 Å². The third kappa shape index (κ3) is 5.82. The van der Waals surface area contributed by atoms with E-state index in [1.165, 1.54) is 12.7 Å². The van der Waals surface area contributed by atoms with Crippen molar-refractivity contribution in [3.8, 4) is 0 Å². The summed E-state index contributed by atoms with van der Waals surface area (Å²) in [6.45, 7) is -0.488. The van der Waals surface area contributed by atoms with Crippen molar-refractivity contribution in [2.45, 2.75) is 23.3 Å². The van der Waals surface area contributed by atoms with Gasteiger partial charge in [-0.1, -0.05) is 0 Å². The van der Waals surface area contributed by atoms with Crippen molar-refractivity contribution in [1.82, 2.24) is 19.5 Å². The van der Waals surface area contributed by atoms with Crippen molar-refractivity contribution in [3.05, 3.63) is 43.0 Å². The maximum absolute atomic E-state index is 12.4. The van der Waals surface area contributed by atoms with Gasteiger partial charge in [-0.15, -0.1) is 0 Å². The molecule has 2 aromatic heterocycles. The minimum absolute atomic E-state index is 0.0317. The van der Waals surface area contributed by atoms with Crippen LogP contribution >= 0.6 is 15.6 Å². The number of rotatable bonds is 10. The molecule has 5 atom stereocenters. The first-order chi connectivity index (χ1) is 16.6. The fourth-order valence-electron chi connectivity index (χ4n) is 3.45. The number of nitrogens with zero attached hydrogens (tertiary/aromatic N) is 4. The molecule has 0 saturated carbocycles. The number of nitrogen functional groups attached to an aromatic ring is 1. The number of imidazole rings is 1. The molecule has 190 valence electrons. The molecule has 1 fully saturated rings. The van der Waals surface area contributed by atoms with Gasteiger partial charge in [0.25, 0.3) is 0 Å². The second kappa shape index (κ2) is 10.3. The average Bonchev–Trinajstić information content (AvgIpc) is 3.41. The molecule has 17 heteroatoms. The Morgan fingerprint density at radius 2 is 1.89 bits per heavy atom. The van der Waals surface area contributed by atoms with E-state index in [2.05, 4.69) is 24.0 Å². The first kappa shape index (κ1) is 26.3. The van der Waals surface area contributed by atoms with E-state index in [1.54, 1.807) is 4.57 Å². The van der Waals surface area contributed by atoms with Crippen molar-refractivity contribution >= 4 is 52.0 Å². The molecule has 14 nitrogen and oxygen atoms in total. The normalized spacial score (nSPS) is 25.9. The van der Waals surface area contributed by atoms with Crippen LogP contribution in [0, 0.1) is 0 Å². The Hall–Kier alpha value is -1.73.